The molecule has 5 heteroatoms. The summed E-state index contributed by atoms with van der Waals surface area (Å²) in [6.45, 7) is 6.90. The van der Waals surface area contributed by atoms with E-state index in [1.165, 1.54) is 0 Å². The molecule has 0 radical (unpaired) electrons. The number of rotatable bonds is 4. The van der Waals surface area contributed by atoms with Crippen LogP contribution in [-0.4, -0.2) is 20.6 Å². The lowest BCUT2D eigenvalue weighted by Crippen LogP contribution is -2.22. The highest BCUT2D eigenvalue weighted by atomic mass is 35.5. The van der Waals surface area contributed by atoms with E-state index in [2.05, 4.69) is 29.1 Å². The summed E-state index contributed by atoms with van der Waals surface area (Å²) >= 11 is 6.15. The molecule has 2 heterocycles. The number of nitrogens with zero attached hydrogens (tertiary/aromatic N) is 3. The molecule has 0 atom stereocenters. The molecule has 0 fully saturated rings. The molecule has 2 aromatic rings. The van der Waals surface area contributed by atoms with Crippen LogP contribution >= 0.6 is 11.6 Å². The first-order chi connectivity index (χ1) is 8.58. The van der Waals surface area contributed by atoms with Gasteiger partial charge in [-0.25, -0.2) is 9.97 Å². The monoisotopic (exact) mass is 264 g/mol. The number of aryl methyl sites for hydroxylation is 1. The van der Waals surface area contributed by atoms with Crippen molar-refractivity contribution in [3.8, 4) is 5.82 Å². The van der Waals surface area contributed by atoms with Gasteiger partial charge in [-0.3, -0.25) is 4.57 Å². The van der Waals surface area contributed by atoms with Gasteiger partial charge in [-0.2, -0.15) is 0 Å². The van der Waals surface area contributed by atoms with Gasteiger partial charge in [0.2, 0.25) is 0 Å². The van der Waals surface area contributed by atoms with Crippen molar-refractivity contribution >= 4 is 11.6 Å². The zero-order valence-electron chi connectivity index (χ0n) is 10.8. The maximum Gasteiger partial charge on any atom is 0.138 e. The van der Waals surface area contributed by atoms with Crippen molar-refractivity contribution in [1.29, 1.82) is 0 Å². The summed E-state index contributed by atoms with van der Waals surface area (Å²) in [5.74, 6) is 1.75. The lowest BCUT2D eigenvalue weighted by atomic mass is 10.2. The number of aromatic nitrogens is 3. The maximum absolute atomic E-state index is 6.15. The largest absolute Gasteiger partial charge is 0.310 e. The van der Waals surface area contributed by atoms with Gasteiger partial charge >= 0.3 is 0 Å². The first kappa shape index (κ1) is 13.1. The molecule has 0 aliphatic heterocycles. The summed E-state index contributed by atoms with van der Waals surface area (Å²) in [5, 5.41) is 4.04. The summed E-state index contributed by atoms with van der Waals surface area (Å²) < 4.78 is 1.94. The van der Waals surface area contributed by atoms with Crippen LogP contribution in [0.4, 0.5) is 0 Å². The van der Waals surface area contributed by atoms with E-state index in [0.717, 1.165) is 23.8 Å². The van der Waals surface area contributed by atoms with Gasteiger partial charge in [-0.05, 0) is 18.6 Å². The second kappa shape index (κ2) is 5.50. The Bertz CT molecular complexity index is 534. The molecule has 0 aliphatic carbocycles. The standard InChI is InChI=1S/C13H17ClN4/c1-9(2)16-7-11-6-13(17-8-12(11)14)18-5-4-15-10(18)3/h4-6,8-9,16H,7H2,1-3H3. The number of imidazole rings is 1. The number of hydrogen-bond acceptors (Lipinski definition) is 3. The number of nitrogens with one attached hydrogen (secondary N) is 1. The van der Waals surface area contributed by atoms with Crippen molar-refractivity contribution in [1.82, 2.24) is 19.9 Å². The Morgan fingerprint density at radius 2 is 2.17 bits per heavy atom. The minimum Gasteiger partial charge on any atom is -0.310 e. The summed E-state index contributed by atoms with van der Waals surface area (Å²) in [7, 11) is 0. The molecule has 0 aromatic carbocycles. The van der Waals surface area contributed by atoms with Crippen molar-refractivity contribution < 1.29 is 0 Å². The third kappa shape index (κ3) is 2.89. The van der Waals surface area contributed by atoms with Crippen LogP contribution < -0.4 is 5.32 Å². The van der Waals surface area contributed by atoms with E-state index >= 15 is 0 Å². The zero-order chi connectivity index (χ0) is 13.1. The fraction of sp³-hybridized carbons (Fsp3) is 0.385. The van der Waals surface area contributed by atoms with E-state index in [4.69, 9.17) is 11.6 Å². The van der Waals surface area contributed by atoms with E-state index in [9.17, 15) is 0 Å². The van der Waals surface area contributed by atoms with Crippen LogP contribution in [0, 0.1) is 6.92 Å². The highest BCUT2D eigenvalue weighted by Crippen LogP contribution is 2.18. The van der Waals surface area contributed by atoms with Gasteiger partial charge in [-0.1, -0.05) is 25.4 Å². The molecule has 0 aliphatic rings. The Hall–Kier alpha value is -1.39. The molecule has 0 amide bonds. The molecule has 0 saturated carbocycles. The molecule has 0 unspecified atom stereocenters. The molecule has 4 nitrogen and oxygen atoms in total. The fourth-order valence-electron chi connectivity index (χ4n) is 1.67. The molecule has 0 spiro atoms. The van der Waals surface area contributed by atoms with Crippen LogP contribution in [0.15, 0.2) is 24.7 Å². The summed E-state index contributed by atoms with van der Waals surface area (Å²) in [5.41, 5.74) is 1.04. The highest BCUT2D eigenvalue weighted by molar-refractivity contribution is 6.31. The van der Waals surface area contributed by atoms with Crippen LogP contribution in [0.1, 0.15) is 25.2 Å². The van der Waals surface area contributed by atoms with Crippen molar-refractivity contribution in [3.05, 3.63) is 41.1 Å². The summed E-state index contributed by atoms with van der Waals surface area (Å²) in [6.07, 6.45) is 5.34. The molecular formula is C13H17ClN4. The van der Waals surface area contributed by atoms with E-state index in [1.807, 2.05) is 23.8 Å². The third-order valence-electron chi connectivity index (χ3n) is 2.69. The molecule has 96 valence electrons. The fourth-order valence-corrected chi connectivity index (χ4v) is 1.84. The lowest BCUT2D eigenvalue weighted by molar-refractivity contribution is 0.588. The van der Waals surface area contributed by atoms with Gasteiger partial charge < -0.3 is 5.32 Å². The van der Waals surface area contributed by atoms with Crippen LogP contribution in [-0.2, 0) is 6.54 Å². The Morgan fingerprint density at radius 1 is 1.39 bits per heavy atom. The van der Waals surface area contributed by atoms with Crippen LogP contribution in [0.25, 0.3) is 5.82 Å². The SMILES string of the molecule is Cc1nccn1-c1cc(CNC(C)C)c(Cl)cn1. The molecule has 1 N–H and O–H groups in total. The van der Waals surface area contributed by atoms with Crippen molar-refractivity contribution in [2.24, 2.45) is 0 Å². The van der Waals surface area contributed by atoms with Gasteiger partial charge in [-0.15, -0.1) is 0 Å². The quantitative estimate of drug-likeness (QED) is 0.923. The number of halogens is 1. The third-order valence-corrected chi connectivity index (χ3v) is 3.03. The van der Waals surface area contributed by atoms with Crippen molar-refractivity contribution in [2.45, 2.75) is 33.4 Å². The molecular weight excluding hydrogens is 248 g/mol. The van der Waals surface area contributed by atoms with E-state index in [0.29, 0.717) is 11.1 Å². The Labute approximate surface area is 112 Å². The van der Waals surface area contributed by atoms with Gasteiger partial charge in [0.15, 0.2) is 0 Å². The van der Waals surface area contributed by atoms with E-state index in [1.54, 1.807) is 12.4 Å². The topological polar surface area (TPSA) is 42.7 Å². The average Bonchev–Trinajstić information content (AvgIpc) is 2.74. The predicted octanol–water partition coefficient (Wildman–Crippen LogP) is 2.73. The highest BCUT2D eigenvalue weighted by Gasteiger charge is 2.07. The Kier molecular flexibility index (Phi) is 3.99. The summed E-state index contributed by atoms with van der Waals surface area (Å²) in [6, 6.07) is 2.42. The van der Waals surface area contributed by atoms with Gasteiger partial charge in [0.25, 0.3) is 0 Å². The van der Waals surface area contributed by atoms with Gasteiger partial charge in [0, 0.05) is 31.2 Å². The zero-order valence-corrected chi connectivity index (χ0v) is 11.6. The minimum atomic E-state index is 0.424. The van der Waals surface area contributed by atoms with Crippen molar-refractivity contribution in [2.75, 3.05) is 0 Å². The molecule has 0 bridgehead atoms. The lowest BCUT2D eigenvalue weighted by Gasteiger charge is -2.11. The Balaban J connectivity index is 2.29. The number of pyridine rings is 1. The molecule has 0 saturated heterocycles. The second-order valence-electron chi connectivity index (χ2n) is 4.51. The molecule has 2 rings (SSSR count). The minimum absolute atomic E-state index is 0.424. The second-order valence-corrected chi connectivity index (χ2v) is 4.92. The molecule has 18 heavy (non-hydrogen) atoms. The van der Waals surface area contributed by atoms with Crippen LogP contribution in [0.3, 0.4) is 0 Å². The summed E-state index contributed by atoms with van der Waals surface area (Å²) in [4.78, 5) is 8.53. The smallest absolute Gasteiger partial charge is 0.138 e. The van der Waals surface area contributed by atoms with Crippen LogP contribution in [0.5, 0.6) is 0 Å². The van der Waals surface area contributed by atoms with E-state index in [-0.39, 0.29) is 0 Å². The first-order valence-corrected chi connectivity index (χ1v) is 6.34. The average molecular weight is 265 g/mol. The maximum atomic E-state index is 6.15. The van der Waals surface area contributed by atoms with E-state index < -0.39 is 0 Å². The van der Waals surface area contributed by atoms with Crippen molar-refractivity contribution in [3.63, 3.8) is 0 Å². The van der Waals surface area contributed by atoms with Gasteiger partial charge in [0.05, 0.1) is 5.02 Å². The Morgan fingerprint density at radius 3 is 2.78 bits per heavy atom. The molecule has 2 aromatic heterocycles. The van der Waals surface area contributed by atoms with Gasteiger partial charge in [0.1, 0.15) is 11.6 Å². The number of hydrogen-bond donors (Lipinski definition) is 1. The van der Waals surface area contributed by atoms with Crippen LogP contribution in [0.2, 0.25) is 5.02 Å². The first-order valence-electron chi connectivity index (χ1n) is 5.96. The normalized spacial score (nSPS) is 11.2. The predicted molar refractivity (Wildman–Crippen MR) is 73.1 cm³/mol.